The number of aryl methyl sites for hydroxylation is 2. The first kappa shape index (κ1) is 34.6. The summed E-state index contributed by atoms with van der Waals surface area (Å²) < 4.78 is 58.2. The molecule has 3 atom stereocenters. The number of carbonyl (C=O) groups excluding carboxylic acids is 2. The molecule has 14 heteroatoms. The molecule has 2 aromatic carbocycles. The lowest BCUT2D eigenvalue weighted by Gasteiger charge is -2.36. The largest absolute Gasteiger partial charge is 0.492 e. The lowest BCUT2D eigenvalue weighted by Crippen LogP contribution is -2.42. The molecule has 0 saturated carbocycles. The normalized spacial score (nSPS) is 18.7. The summed E-state index contributed by atoms with van der Waals surface area (Å²) in [5.74, 6) is -2.28. The Balaban J connectivity index is 1.39. The molecule has 2 aliphatic heterocycles. The molecule has 0 radical (unpaired) electrons. The van der Waals surface area contributed by atoms with Crippen LogP contribution in [0.3, 0.4) is 0 Å². The second kappa shape index (κ2) is 12.9. The number of carbonyl (C=O) groups is 2. The van der Waals surface area contributed by atoms with E-state index in [4.69, 9.17) is 19.8 Å². The number of hydrogen-bond donors (Lipinski definition) is 0. The summed E-state index contributed by atoms with van der Waals surface area (Å²) in [5, 5.41) is 6.38. The average molecular weight is 740 g/mol. The van der Waals surface area contributed by atoms with Crippen molar-refractivity contribution >= 4 is 44.3 Å². The van der Waals surface area contributed by atoms with E-state index in [-0.39, 0.29) is 64.8 Å². The van der Waals surface area contributed by atoms with Crippen LogP contribution in [0.15, 0.2) is 54.4 Å². The monoisotopic (exact) mass is 739 g/mol. The molecule has 6 aromatic rings. The maximum atomic E-state index is 16.4. The fraction of sp³-hybridized carbons (Fsp3) is 0.308. The molecule has 6 heterocycles. The van der Waals surface area contributed by atoms with Crippen LogP contribution in [0.25, 0.3) is 54.9 Å². The second-order valence-corrected chi connectivity index (χ2v) is 14.8. The molecule has 0 aliphatic carbocycles. The quantitative estimate of drug-likeness (QED) is 0.156. The molecule has 2 amide bonds. The topological polar surface area (TPSA) is 98.4 Å². The number of hydrogen-bond acceptors (Lipinski definition) is 7. The minimum absolute atomic E-state index is 0.00651. The lowest BCUT2D eigenvalue weighted by atomic mass is 9.94. The number of benzene rings is 2. The Kier molecular flexibility index (Phi) is 8.39. The van der Waals surface area contributed by atoms with Crippen molar-refractivity contribution < 1.29 is 27.5 Å². The van der Waals surface area contributed by atoms with Gasteiger partial charge >= 0.3 is 0 Å². The minimum atomic E-state index is -0.971. The van der Waals surface area contributed by atoms with Gasteiger partial charge in [-0.3, -0.25) is 14.3 Å². The predicted molar refractivity (Wildman–Crippen MR) is 197 cm³/mol. The Morgan fingerprint density at radius 1 is 1.04 bits per heavy atom. The third-order valence-corrected chi connectivity index (χ3v) is 11.4. The number of imidazole rings is 1. The third-order valence-electron chi connectivity index (χ3n) is 10.5. The van der Waals surface area contributed by atoms with Gasteiger partial charge in [0.05, 0.1) is 51.4 Å². The summed E-state index contributed by atoms with van der Waals surface area (Å²) in [5.41, 5.74) is 3.77. The van der Waals surface area contributed by atoms with Gasteiger partial charge in [0, 0.05) is 73.5 Å². The number of amides is 2. The van der Waals surface area contributed by atoms with Gasteiger partial charge in [-0.25, -0.2) is 23.1 Å². The Morgan fingerprint density at radius 2 is 1.83 bits per heavy atom. The first-order chi connectivity index (χ1) is 25.3. The Morgan fingerprint density at radius 3 is 2.57 bits per heavy atom. The average Bonchev–Trinajstić information content (AvgIpc) is 3.89. The highest BCUT2D eigenvalue weighted by molar-refractivity contribution is 7.17. The van der Waals surface area contributed by atoms with Crippen LogP contribution >= 0.6 is 11.3 Å². The zero-order chi connectivity index (χ0) is 37.5. The van der Waals surface area contributed by atoms with E-state index in [1.807, 2.05) is 50.6 Å². The van der Waals surface area contributed by atoms with Crippen molar-refractivity contribution in [3.05, 3.63) is 83.4 Å². The van der Waals surface area contributed by atoms with Gasteiger partial charge in [0.2, 0.25) is 11.8 Å². The van der Waals surface area contributed by atoms with Crippen LogP contribution in [0, 0.1) is 30.3 Å². The molecule has 0 unspecified atom stereocenters. The van der Waals surface area contributed by atoms with Crippen LogP contribution in [-0.2, 0) is 16.6 Å². The van der Waals surface area contributed by atoms with E-state index >= 15 is 8.78 Å². The maximum Gasteiger partial charge on any atom is 0.246 e. The molecule has 1 saturated heterocycles. The number of rotatable bonds is 7. The summed E-state index contributed by atoms with van der Waals surface area (Å²) in [7, 11) is 3.62. The predicted octanol–water partition coefficient (Wildman–Crippen LogP) is 7.61. The molecule has 4 aromatic heterocycles. The molecule has 10 nitrogen and oxygen atoms in total. The highest BCUT2D eigenvalue weighted by atomic mass is 32.1. The van der Waals surface area contributed by atoms with Crippen molar-refractivity contribution in [2.75, 3.05) is 26.7 Å². The van der Waals surface area contributed by atoms with Crippen LogP contribution in [0.2, 0.25) is 0 Å². The van der Waals surface area contributed by atoms with Crippen molar-refractivity contribution in [2.24, 2.45) is 13.0 Å². The van der Waals surface area contributed by atoms with Crippen molar-refractivity contribution in [1.82, 2.24) is 34.1 Å². The lowest BCUT2D eigenvalue weighted by molar-refractivity contribution is -0.129. The first-order valence-corrected chi connectivity index (χ1v) is 18.2. The van der Waals surface area contributed by atoms with E-state index in [1.165, 1.54) is 11.5 Å². The van der Waals surface area contributed by atoms with E-state index in [9.17, 15) is 14.0 Å². The molecule has 8 rings (SSSR count). The van der Waals surface area contributed by atoms with Gasteiger partial charge < -0.3 is 19.1 Å². The van der Waals surface area contributed by atoms with Gasteiger partial charge in [-0.1, -0.05) is 12.6 Å². The number of aromatic nitrogens is 5. The van der Waals surface area contributed by atoms with Crippen LogP contribution < -0.4 is 4.74 Å². The molecule has 0 bridgehead atoms. The van der Waals surface area contributed by atoms with E-state index < -0.39 is 23.5 Å². The maximum absolute atomic E-state index is 16.4. The number of thiophene rings is 1. The minimum Gasteiger partial charge on any atom is -0.492 e. The summed E-state index contributed by atoms with van der Waals surface area (Å²) in [6.45, 7) is 10.2. The third kappa shape index (κ3) is 5.66. The van der Waals surface area contributed by atoms with Crippen LogP contribution in [0.1, 0.15) is 43.9 Å². The molecule has 0 N–H and O–H groups in total. The van der Waals surface area contributed by atoms with Crippen LogP contribution in [-0.4, -0.2) is 72.7 Å². The van der Waals surface area contributed by atoms with E-state index in [0.29, 0.717) is 40.4 Å². The number of fused-ring (bicyclic) bond motifs is 3. The number of ether oxygens (including phenoxy) is 1. The molecule has 53 heavy (non-hydrogen) atoms. The van der Waals surface area contributed by atoms with E-state index in [2.05, 4.69) is 6.58 Å². The highest BCUT2D eigenvalue weighted by Gasteiger charge is 2.35. The number of pyridine rings is 1. The van der Waals surface area contributed by atoms with Crippen molar-refractivity contribution in [2.45, 2.75) is 39.3 Å². The Hall–Kier alpha value is -5.50. The molecule has 2 aliphatic rings. The fourth-order valence-electron chi connectivity index (χ4n) is 7.62. The zero-order valence-corrected chi connectivity index (χ0v) is 30.6. The van der Waals surface area contributed by atoms with Gasteiger partial charge in [0.1, 0.15) is 40.4 Å². The van der Waals surface area contributed by atoms with Crippen LogP contribution in [0.5, 0.6) is 5.75 Å². The second-order valence-electron chi connectivity index (χ2n) is 13.9. The molecule has 272 valence electrons. The Bertz CT molecular complexity index is 2510. The van der Waals surface area contributed by atoms with Crippen LogP contribution in [0.4, 0.5) is 13.2 Å². The number of nitrogens with zero attached hydrogens (tertiary/aromatic N) is 7. The Labute approximate surface area is 307 Å². The van der Waals surface area contributed by atoms with Crippen molar-refractivity contribution in [1.29, 1.82) is 0 Å². The standard InChI is InChI=1S/C39H36F3N7O3S/c1-7-32(50)48-15-19(2)49-30(20(48)3)14-28(45-49)38-36(34-25(41)12-24(40)13-31(34)52-17-22-10-33(51)46(5)16-22)35-26(42)18-53-39(35)37(44-38)23-8-9-29-27(11-23)43-21(4)47(29)6/h7-9,11-14,18-20,22H,1,10,15-17H2,2-6H3/t19-,20+,22-/m0/s1. The van der Waals surface area contributed by atoms with E-state index in [0.717, 1.165) is 40.3 Å². The fourth-order valence-corrected chi connectivity index (χ4v) is 8.55. The molecule has 0 spiro atoms. The number of halogens is 3. The smallest absolute Gasteiger partial charge is 0.246 e. The summed E-state index contributed by atoms with van der Waals surface area (Å²) in [6.07, 6.45) is 1.50. The SMILES string of the molecule is C=CC(=O)N1C[C@H](C)n2nc(-c3nc(-c4ccc5c(c4)nc(C)n5C)c4scc(F)c4c3-c3c(F)cc(F)cc3OC[C@H]3CC(=O)N(C)C3)cc2[C@H]1C. The first-order valence-electron chi connectivity index (χ1n) is 17.3. The summed E-state index contributed by atoms with van der Waals surface area (Å²) >= 11 is 1.12. The number of likely N-dealkylation sites (tertiary alicyclic amines) is 1. The molecular formula is C39H36F3N7O3S. The van der Waals surface area contributed by atoms with Gasteiger partial charge in [-0.15, -0.1) is 11.3 Å². The summed E-state index contributed by atoms with van der Waals surface area (Å²) in [4.78, 5) is 38.2. The van der Waals surface area contributed by atoms with Gasteiger partial charge in [0.15, 0.2) is 0 Å². The van der Waals surface area contributed by atoms with Gasteiger partial charge in [0.25, 0.3) is 0 Å². The summed E-state index contributed by atoms with van der Waals surface area (Å²) in [6, 6.07) is 8.66. The molecule has 1 fully saturated rings. The van der Waals surface area contributed by atoms with Crippen molar-refractivity contribution in [3.8, 4) is 39.5 Å². The van der Waals surface area contributed by atoms with E-state index in [1.54, 1.807) is 27.6 Å². The van der Waals surface area contributed by atoms with Gasteiger partial charge in [-0.05, 0) is 45.0 Å². The molecular weight excluding hydrogens is 704 g/mol. The zero-order valence-electron chi connectivity index (χ0n) is 29.8. The highest BCUT2D eigenvalue weighted by Crippen LogP contribution is 2.48. The van der Waals surface area contributed by atoms with Gasteiger partial charge in [-0.2, -0.15) is 5.10 Å². The van der Waals surface area contributed by atoms with Crippen molar-refractivity contribution in [3.63, 3.8) is 0 Å².